The van der Waals surface area contributed by atoms with Crippen molar-refractivity contribution in [2.75, 3.05) is 7.11 Å². The fourth-order valence-corrected chi connectivity index (χ4v) is 6.68. The van der Waals surface area contributed by atoms with E-state index in [0.29, 0.717) is 0 Å². The third kappa shape index (κ3) is 4.60. The van der Waals surface area contributed by atoms with Crippen molar-refractivity contribution >= 4 is 27.3 Å². The van der Waals surface area contributed by atoms with Crippen molar-refractivity contribution in [3.05, 3.63) is 29.8 Å². The zero-order valence-corrected chi connectivity index (χ0v) is 18.3. The van der Waals surface area contributed by atoms with Gasteiger partial charge in [0.2, 0.25) is 0 Å². The molecule has 1 amide bonds. The Balaban J connectivity index is 2.36. The molecule has 1 aromatic rings. The maximum absolute atomic E-state index is 12.5. The van der Waals surface area contributed by atoms with E-state index in [1.54, 1.807) is 4.90 Å². The van der Waals surface area contributed by atoms with Gasteiger partial charge in [-0.1, -0.05) is 0 Å². The van der Waals surface area contributed by atoms with E-state index in [0.717, 1.165) is 17.7 Å². The molecule has 3 atom stereocenters. The molecule has 0 saturated carbocycles. The van der Waals surface area contributed by atoms with Gasteiger partial charge in [-0.3, -0.25) is 0 Å². The summed E-state index contributed by atoms with van der Waals surface area (Å²) < 4.78 is 10.9. The van der Waals surface area contributed by atoms with Crippen molar-refractivity contribution in [2.24, 2.45) is 5.41 Å². The van der Waals surface area contributed by atoms with Gasteiger partial charge in [0.05, 0.1) is 0 Å². The average Bonchev–Trinajstić information content (AvgIpc) is 2.93. The third-order valence-corrected chi connectivity index (χ3v) is 8.35. The molecular weight excluding hydrogens is 397 g/mol. The number of esters is 1. The van der Waals surface area contributed by atoms with Crippen molar-refractivity contribution in [3.8, 4) is 5.75 Å². The number of hydrogen-bond acceptors (Lipinski definition) is 4. The van der Waals surface area contributed by atoms with Crippen LogP contribution in [0.25, 0.3) is 0 Å². The Kier molecular flexibility index (Phi) is 6.09. The van der Waals surface area contributed by atoms with Gasteiger partial charge in [-0.2, -0.15) is 0 Å². The van der Waals surface area contributed by atoms with Gasteiger partial charge < -0.3 is 0 Å². The summed E-state index contributed by atoms with van der Waals surface area (Å²) >= 11 is 0.0460. The minimum absolute atomic E-state index is 0.0342. The second-order valence-corrected chi connectivity index (χ2v) is 11.2. The molecule has 0 bridgehead atoms. The normalized spacial score (nSPS) is 23.7. The SMILES string of the molecule is COC(=O)[C@@H]1[C@@H](c2ccc(OC(C)(C)C)cc2)[Se][C@H](C(C)(C)C)N1C=O. The molecule has 1 fully saturated rings. The molecule has 1 saturated heterocycles. The van der Waals surface area contributed by atoms with Crippen LogP contribution in [0.5, 0.6) is 5.75 Å². The van der Waals surface area contributed by atoms with Crippen LogP contribution in [0.3, 0.4) is 0 Å². The molecule has 6 heteroatoms. The average molecular weight is 426 g/mol. The number of ether oxygens (including phenoxy) is 2. The van der Waals surface area contributed by atoms with Crippen LogP contribution < -0.4 is 4.74 Å². The van der Waals surface area contributed by atoms with E-state index >= 15 is 0 Å². The second-order valence-electron chi connectivity index (χ2n) is 8.58. The van der Waals surface area contributed by atoms with Gasteiger partial charge in [-0.25, -0.2) is 0 Å². The molecule has 1 aliphatic rings. The first-order valence-corrected chi connectivity index (χ1v) is 10.7. The zero-order chi connectivity index (χ0) is 19.7. The number of nitrogens with zero attached hydrogens (tertiary/aromatic N) is 1. The molecule has 0 radical (unpaired) electrons. The van der Waals surface area contributed by atoms with Crippen molar-refractivity contribution in [1.29, 1.82) is 0 Å². The van der Waals surface area contributed by atoms with E-state index in [1.165, 1.54) is 7.11 Å². The Morgan fingerprint density at radius 2 is 1.69 bits per heavy atom. The maximum atomic E-state index is 12.5. The molecule has 5 nitrogen and oxygen atoms in total. The third-order valence-electron chi connectivity index (χ3n) is 4.09. The molecule has 0 spiro atoms. The summed E-state index contributed by atoms with van der Waals surface area (Å²) in [6, 6.07) is 7.28. The number of rotatable bonds is 4. The quantitative estimate of drug-likeness (QED) is 0.422. The standard InChI is InChI=1S/C20H29NO4Se/c1-19(2,3)18-21(12-22)15(17(23)24-7)16(26-18)13-8-10-14(11-9-13)25-20(4,5)6/h8-12,15-16,18H,1-7H3/t15-,16+,18+/m0/s1. The first kappa shape index (κ1) is 20.8. The predicted octanol–water partition coefficient (Wildman–Crippen LogP) is 3.00. The van der Waals surface area contributed by atoms with Crippen LogP contribution in [-0.4, -0.2) is 55.9 Å². The van der Waals surface area contributed by atoms with Crippen molar-refractivity contribution < 1.29 is 19.1 Å². The zero-order valence-electron chi connectivity index (χ0n) is 16.6. The summed E-state index contributed by atoms with van der Waals surface area (Å²) in [5.41, 5.74) is 0.677. The summed E-state index contributed by atoms with van der Waals surface area (Å²) in [7, 11) is 1.38. The summed E-state index contributed by atoms with van der Waals surface area (Å²) in [4.78, 5) is 25.9. The van der Waals surface area contributed by atoms with Gasteiger partial charge in [0.15, 0.2) is 0 Å². The molecule has 0 aliphatic carbocycles. The topological polar surface area (TPSA) is 55.8 Å². The van der Waals surface area contributed by atoms with Crippen LogP contribution in [0.1, 0.15) is 51.9 Å². The first-order chi connectivity index (χ1) is 12.0. The molecule has 0 aromatic heterocycles. The van der Waals surface area contributed by atoms with Crippen LogP contribution in [0.4, 0.5) is 0 Å². The van der Waals surface area contributed by atoms with Crippen molar-refractivity contribution in [3.63, 3.8) is 0 Å². The number of carbonyl (C=O) groups excluding carboxylic acids is 2. The number of amides is 1. The second kappa shape index (κ2) is 7.61. The van der Waals surface area contributed by atoms with Gasteiger partial charge in [0, 0.05) is 0 Å². The van der Waals surface area contributed by atoms with Gasteiger partial charge in [-0.05, 0) is 0 Å². The monoisotopic (exact) mass is 427 g/mol. The number of methoxy groups -OCH3 is 1. The minimum atomic E-state index is -0.573. The van der Waals surface area contributed by atoms with Gasteiger partial charge in [0.1, 0.15) is 0 Å². The summed E-state index contributed by atoms with van der Waals surface area (Å²) in [6.07, 6.45) is 0.802. The summed E-state index contributed by atoms with van der Waals surface area (Å²) in [6.45, 7) is 12.3. The van der Waals surface area contributed by atoms with Crippen LogP contribution in [0.2, 0.25) is 0 Å². The van der Waals surface area contributed by atoms with Crippen LogP contribution in [-0.2, 0) is 14.3 Å². The van der Waals surface area contributed by atoms with E-state index in [2.05, 4.69) is 20.8 Å². The van der Waals surface area contributed by atoms with Crippen molar-refractivity contribution in [2.45, 2.75) is 62.9 Å². The molecular formula is C20H29NO4Se. The molecule has 0 N–H and O–H groups in total. The van der Waals surface area contributed by atoms with Crippen LogP contribution in [0, 0.1) is 5.41 Å². The van der Waals surface area contributed by atoms with Crippen LogP contribution in [0.15, 0.2) is 24.3 Å². The van der Waals surface area contributed by atoms with Crippen molar-refractivity contribution in [1.82, 2.24) is 4.90 Å². The predicted molar refractivity (Wildman–Crippen MR) is 102 cm³/mol. The Morgan fingerprint density at radius 3 is 2.12 bits per heavy atom. The molecule has 26 heavy (non-hydrogen) atoms. The number of benzene rings is 1. The number of carbonyl (C=O) groups is 2. The molecule has 2 rings (SSSR count). The molecule has 1 heterocycles. The summed E-state index contributed by atoms with van der Waals surface area (Å²) in [5, 5.41) is 0. The first-order valence-electron chi connectivity index (χ1n) is 8.73. The van der Waals surface area contributed by atoms with E-state index in [9.17, 15) is 9.59 Å². The number of hydrogen-bond donors (Lipinski definition) is 0. The Bertz CT molecular complexity index is 645. The molecule has 0 unspecified atom stereocenters. The van der Waals surface area contributed by atoms with Gasteiger partial charge >= 0.3 is 162 Å². The molecule has 144 valence electrons. The fraction of sp³-hybridized carbons (Fsp3) is 0.600. The Hall–Kier alpha value is -1.52. The fourth-order valence-electron chi connectivity index (χ4n) is 3.06. The van der Waals surface area contributed by atoms with E-state index in [-0.39, 0.29) is 41.7 Å². The van der Waals surface area contributed by atoms with Crippen LogP contribution >= 0.6 is 0 Å². The van der Waals surface area contributed by atoms with E-state index in [4.69, 9.17) is 9.47 Å². The van der Waals surface area contributed by atoms with Gasteiger partial charge in [0.25, 0.3) is 0 Å². The Labute approximate surface area is 162 Å². The molecule has 1 aromatic carbocycles. The Morgan fingerprint density at radius 1 is 1.12 bits per heavy atom. The van der Waals surface area contributed by atoms with E-state index < -0.39 is 6.04 Å². The summed E-state index contributed by atoms with van der Waals surface area (Å²) in [5.74, 6) is 0.437. The van der Waals surface area contributed by atoms with Gasteiger partial charge in [-0.15, -0.1) is 0 Å². The van der Waals surface area contributed by atoms with E-state index in [1.807, 2.05) is 45.0 Å². The molecule has 1 aliphatic heterocycles.